The molecule has 0 spiro atoms. The van der Waals surface area contributed by atoms with Gasteiger partial charge in [0.05, 0.1) is 5.69 Å². The van der Waals surface area contributed by atoms with E-state index in [0.29, 0.717) is 27.4 Å². The molecule has 4 rings (SSSR count). The normalized spacial score (nSPS) is 11.7. The third kappa shape index (κ3) is 3.32. The van der Waals surface area contributed by atoms with Gasteiger partial charge in [0, 0.05) is 27.9 Å². The van der Waals surface area contributed by atoms with E-state index in [1.165, 1.54) is 10.7 Å². The molecule has 0 radical (unpaired) electrons. The number of nitrogens with zero attached hydrogens (tertiary/aromatic N) is 3. The predicted molar refractivity (Wildman–Crippen MR) is 113 cm³/mol. The number of aromatic nitrogens is 3. The molecule has 0 fully saturated rings. The summed E-state index contributed by atoms with van der Waals surface area (Å²) in [5.74, 6) is -0.998. The van der Waals surface area contributed by atoms with Crippen LogP contribution < -0.4 is 10.9 Å². The van der Waals surface area contributed by atoms with Gasteiger partial charge in [-0.05, 0) is 13.0 Å². The van der Waals surface area contributed by atoms with Crippen LogP contribution in [0.15, 0.2) is 59.8 Å². The van der Waals surface area contributed by atoms with Crippen molar-refractivity contribution in [3.05, 3.63) is 70.9 Å². The van der Waals surface area contributed by atoms with Crippen LogP contribution in [0.25, 0.3) is 28.0 Å². The first-order valence-electron chi connectivity index (χ1n) is 8.74. The smallest absolute Gasteiger partial charge is 0.258 e. The fraction of sp³-hybridized carbons (Fsp3) is 0.0500. The molecule has 0 aliphatic rings. The summed E-state index contributed by atoms with van der Waals surface area (Å²) >= 11 is 6.41. The number of primary amides is 1. The van der Waals surface area contributed by atoms with E-state index in [4.69, 9.17) is 22.5 Å². The maximum absolute atomic E-state index is 12.1. The lowest BCUT2D eigenvalue weighted by Crippen LogP contribution is -2.20. The number of rotatable bonds is 4. The second-order valence-corrected chi connectivity index (χ2v) is 8.58. The van der Waals surface area contributed by atoms with Crippen LogP contribution in [-0.4, -0.2) is 28.9 Å². The number of halogens is 1. The van der Waals surface area contributed by atoms with Crippen LogP contribution in [0.2, 0.25) is 5.02 Å². The van der Waals surface area contributed by atoms with Crippen LogP contribution in [0.5, 0.6) is 0 Å². The maximum Gasteiger partial charge on any atom is 0.258 e. The number of sulfonamides is 1. The SMILES string of the molecule is Cc1ccc(-c2c(-c3ccccc3Cl)cnc3c(C(N)=O)c(S(N)(=O)=O)nn23)cc1. The summed E-state index contributed by atoms with van der Waals surface area (Å²) < 4.78 is 25.4. The second kappa shape index (κ2) is 7.21. The van der Waals surface area contributed by atoms with Crippen LogP contribution in [0, 0.1) is 6.92 Å². The molecule has 2 heterocycles. The van der Waals surface area contributed by atoms with E-state index in [1.807, 2.05) is 43.3 Å². The van der Waals surface area contributed by atoms with Gasteiger partial charge in [-0.3, -0.25) is 4.79 Å². The van der Waals surface area contributed by atoms with Crippen molar-refractivity contribution in [2.75, 3.05) is 0 Å². The van der Waals surface area contributed by atoms with Gasteiger partial charge in [-0.25, -0.2) is 23.1 Å². The molecular weight excluding hydrogens is 426 g/mol. The number of aryl methyl sites for hydroxylation is 1. The van der Waals surface area contributed by atoms with E-state index in [-0.39, 0.29) is 11.2 Å². The average Bonchev–Trinajstić information content (AvgIpc) is 3.09. The Morgan fingerprint density at radius 3 is 2.33 bits per heavy atom. The summed E-state index contributed by atoms with van der Waals surface area (Å²) in [4.78, 5) is 16.3. The molecule has 0 atom stereocenters. The topological polar surface area (TPSA) is 133 Å². The van der Waals surface area contributed by atoms with Crippen molar-refractivity contribution in [1.82, 2.24) is 14.6 Å². The molecule has 152 valence electrons. The molecule has 4 aromatic rings. The number of primary sulfonamides is 1. The molecule has 30 heavy (non-hydrogen) atoms. The van der Waals surface area contributed by atoms with Crippen molar-refractivity contribution in [3.63, 3.8) is 0 Å². The van der Waals surface area contributed by atoms with Crippen molar-refractivity contribution in [3.8, 4) is 22.4 Å². The Balaban J connectivity index is 2.19. The standard InChI is InChI=1S/C20H16ClN5O3S/c1-11-6-8-12(9-7-11)17-14(13-4-2-3-5-15(13)21)10-24-19-16(18(22)27)20(25-26(17)19)30(23,28)29/h2-10H,1H3,(H2,22,27)(H2,23,28,29). The number of nitrogens with two attached hydrogens (primary N) is 2. The number of benzene rings is 2. The van der Waals surface area contributed by atoms with E-state index in [1.54, 1.807) is 12.1 Å². The third-order valence-corrected chi connectivity index (χ3v) is 5.77. The molecule has 4 N–H and O–H groups in total. The zero-order valence-electron chi connectivity index (χ0n) is 15.7. The highest BCUT2D eigenvalue weighted by Gasteiger charge is 2.29. The molecule has 0 saturated carbocycles. The minimum atomic E-state index is -4.33. The van der Waals surface area contributed by atoms with Crippen molar-refractivity contribution in [2.45, 2.75) is 11.9 Å². The molecule has 1 amide bonds. The summed E-state index contributed by atoms with van der Waals surface area (Å²) in [6.07, 6.45) is 1.51. The van der Waals surface area contributed by atoms with E-state index < -0.39 is 21.0 Å². The molecule has 0 aliphatic heterocycles. The Hall–Kier alpha value is -3.27. The zero-order valence-corrected chi connectivity index (χ0v) is 17.3. The largest absolute Gasteiger partial charge is 0.365 e. The minimum Gasteiger partial charge on any atom is -0.365 e. The van der Waals surface area contributed by atoms with Gasteiger partial charge >= 0.3 is 0 Å². The Morgan fingerprint density at radius 2 is 1.73 bits per heavy atom. The first-order valence-corrected chi connectivity index (χ1v) is 10.7. The van der Waals surface area contributed by atoms with Crippen LogP contribution in [0.3, 0.4) is 0 Å². The molecule has 0 unspecified atom stereocenters. The first kappa shape index (κ1) is 20.0. The van der Waals surface area contributed by atoms with Gasteiger partial charge in [-0.1, -0.05) is 59.6 Å². The summed E-state index contributed by atoms with van der Waals surface area (Å²) in [6.45, 7) is 1.94. The number of carbonyl (C=O) groups excluding carboxylic acids is 1. The first-order chi connectivity index (χ1) is 14.2. The molecule has 10 heteroatoms. The zero-order chi connectivity index (χ0) is 21.6. The fourth-order valence-corrected chi connectivity index (χ4v) is 4.16. The molecule has 8 nitrogen and oxygen atoms in total. The Morgan fingerprint density at radius 1 is 1.07 bits per heavy atom. The number of hydrogen-bond acceptors (Lipinski definition) is 5. The maximum atomic E-state index is 12.1. The van der Waals surface area contributed by atoms with Crippen LogP contribution in [0.1, 0.15) is 15.9 Å². The van der Waals surface area contributed by atoms with Gasteiger partial charge < -0.3 is 5.73 Å². The van der Waals surface area contributed by atoms with Gasteiger partial charge in [0.2, 0.25) is 5.03 Å². The summed E-state index contributed by atoms with van der Waals surface area (Å²) in [5.41, 5.74) is 8.54. The van der Waals surface area contributed by atoms with Crippen LogP contribution in [-0.2, 0) is 10.0 Å². The number of carbonyl (C=O) groups is 1. The van der Waals surface area contributed by atoms with Gasteiger partial charge in [0.25, 0.3) is 15.9 Å². The van der Waals surface area contributed by atoms with Gasteiger partial charge in [-0.15, -0.1) is 0 Å². The number of amides is 1. The average molecular weight is 442 g/mol. The summed E-state index contributed by atoms with van der Waals surface area (Å²) in [5, 5.41) is 9.24. The van der Waals surface area contributed by atoms with E-state index >= 15 is 0 Å². The molecule has 0 bridgehead atoms. The van der Waals surface area contributed by atoms with Crippen LogP contribution >= 0.6 is 11.6 Å². The molecule has 0 aliphatic carbocycles. The van der Waals surface area contributed by atoms with Gasteiger partial charge in [-0.2, -0.15) is 5.10 Å². The number of hydrogen-bond donors (Lipinski definition) is 2. The lowest BCUT2D eigenvalue weighted by Gasteiger charge is -2.13. The number of fused-ring (bicyclic) bond motifs is 1. The second-order valence-electron chi connectivity index (χ2n) is 6.69. The fourth-order valence-electron chi connectivity index (χ4n) is 3.25. The van der Waals surface area contributed by atoms with E-state index in [2.05, 4.69) is 10.1 Å². The van der Waals surface area contributed by atoms with E-state index in [0.717, 1.165) is 5.56 Å². The Bertz CT molecular complexity index is 1410. The Labute approximate surface area is 177 Å². The highest BCUT2D eigenvalue weighted by Crippen LogP contribution is 2.36. The summed E-state index contributed by atoms with van der Waals surface area (Å²) in [6, 6.07) is 14.7. The highest BCUT2D eigenvalue weighted by atomic mass is 35.5. The quantitative estimate of drug-likeness (QED) is 0.502. The third-order valence-electron chi connectivity index (χ3n) is 4.62. The van der Waals surface area contributed by atoms with Crippen molar-refractivity contribution < 1.29 is 13.2 Å². The lowest BCUT2D eigenvalue weighted by molar-refractivity contribution is 0.0998. The lowest BCUT2D eigenvalue weighted by atomic mass is 10.00. The minimum absolute atomic E-state index is 0.0158. The van der Waals surface area contributed by atoms with Gasteiger partial charge in [0.1, 0.15) is 5.56 Å². The van der Waals surface area contributed by atoms with Crippen molar-refractivity contribution in [1.29, 1.82) is 0 Å². The van der Waals surface area contributed by atoms with Crippen molar-refractivity contribution in [2.24, 2.45) is 10.9 Å². The molecule has 2 aromatic carbocycles. The highest BCUT2D eigenvalue weighted by molar-refractivity contribution is 7.89. The molecule has 2 aromatic heterocycles. The predicted octanol–water partition coefficient (Wildman–Crippen LogP) is 2.77. The van der Waals surface area contributed by atoms with Crippen LogP contribution in [0.4, 0.5) is 0 Å². The van der Waals surface area contributed by atoms with Gasteiger partial charge in [0.15, 0.2) is 5.65 Å². The molecular formula is C20H16ClN5O3S. The Kier molecular flexibility index (Phi) is 4.81. The monoisotopic (exact) mass is 441 g/mol. The summed E-state index contributed by atoms with van der Waals surface area (Å²) in [7, 11) is -4.33. The van der Waals surface area contributed by atoms with Crippen molar-refractivity contribution >= 4 is 33.2 Å². The molecule has 0 saturated heterocycles. The van der Waals surface area contributed by atoms with E-state index in [9.17, 15) is 13.2 Å².